The summed E-state index contributed by atoms with van der Waals surface area (Å²) in [7, 11) is 0. The van der Waals surface area contributed by atoms with Crippen molar-refractivity contribution in [2.24, 2.45) is 5.73 Å². The molecular weight excluding hydrogens is 347 g/mol. The number of nitrogens with one attached hydrogen (secondary N) is 1. The maximum Gasteiger partial charge on any atom is 0.258 e. The highest BCUT2D eigenvalue weighted by atomic mass is 35.5. The minimum atomic E-state index is -0.675. The standard InChI is InChI=1S/C14H12Cl2N2O3S/c15-8-1-3-11(10(5-8)14(17)20)21-7-13(19)18-6-9-2-4-12(16)22-9/h1-5H,6-7H2,(H2,17,20)(H,18,19). The molecule has 0 fully saturated rings. The quantitative estimate of drug-likeness (QED) is 0.832. The summed E-state index contributed by atoms with van der Waals surface area (Å²) < 4.78 is 5.97. The van der Waals surface area contributed by atoms with Gasteiger partial charge in [0.1, 0.15) is 5.75 Å². The Balaban J connectivity index is 1.89. The molecule has 2 amide bonds. The zero-order valence-electron chi connectivity index (χ0n) is 11.3. The van der Waals surface area contributed by atoms with E-state index in [-0.39, 0.29) is 23.8 Å². The lowest BCUT2D eigenvalue weighted by molar-refractivity contribution is -0.123. The van der Waals surface area contributed by atoms with Crippen molar-refractivity contribution in [3.05, 3.63) is 50.1 Å². The van der Waals surface area contributed by atoms with E-state index in [4.69, 9.17) is 33.7 Å². The van der Waals surface area contributed by atoms with Crippen molar-refractivity contribution in [1.82, 2.24) is 5.32 Å². The molecule has 8 heteroatoms. The van der Waals surface area contributed by atoms with E-state index in [1.807, 2.05) is 6.07 Å². The highest BCUT2D eigenvalue weighted by molar-refractivity contribution is 7.16. The summed E-state index contributed by atoms with van der Waals surface area (Å²) >= 11 is 13.0. The molecule has 0 radical (unpaired) electrons. The maximum atomic E-state index is 11.7. The molecule has 116 valence electrons. The van der Waals surface area contributed by atoms with Crippen LogP contribution in [-0.4, -0.2) is 18.4 Å². The van der Waals surface area contributed by atoms with Crippen molar-refractivity contribution < 1.29 is 14.3 Å². The second kappa shape index (κ2) is 7.49. The Hall–Kier alpha value is -1.76. The highest BCUT2D eigenvalue weighted by Gasteiger charge is 2.12. The van der Waals surface area contributed by atoms with Crippen LogP contribution in [0.2, 0.25) is 9.36 Å². The first-order chi connectivity index (χ1) is 10.5. The van der Waals surface area contributed by atoms with Gasteiger partial charge in [0.15, 0.2) is 6.61 Å². The van der Waals surface area contributed by atoms with Crippen LogP contribution in [0.25, 0.3) is 0 Å². The molecule has 1 aromatic carbocycles. The van der Waals surface area contributed by atoms with E-state index < -0.39 is 5.91 Å². The molecule has 0 unspecified atom stereocenters. The molecule has 0 atom stereocenters. The second-order valence-corrected chi connectivity index (χ2v) is 6.51. The zero-order valence-corrected chi connectivity index (χ0v) is 13.6. The first kappa shape index (κ1) is 16.6. The van der Waals surface area contributed by atoms with Crippen LogP contribution < -0.4 is 15.8 Å². The first-order valence-electron chi connectivity index (χ1n) is 6.19. The Labute approximate surface area is 141 Å². The molecule has 0 spiro atoms. The number of hydrogen-bond donors (Lipinski definition) is 2. The molecule has 5 nitrogen and oxygen atoms in total. The van der Waals surface area contributed by atoms with Crippen LogP contribution in [0.5, 0.6) is 5.75 Å². The van der Waals surface area contributed by atoms with Crippen LogP contribution in [0, 0.1) is 0 Å². The summed E-state index contributed by atoms with van der Waals surface area (Å²) in [6.45, 7) is 0.129. The number of amides is 2. The van der Waals surface area contributed by atoms with Gasteiger partial charge in [-0.3, -0.25) is 9.59 Å². The first-order valence-corrected chi connectivity index (χ1v) is 7.76. The summed E-state index contributed by atoms with van der Waals surface area (Å²) in [4.78, 5) is 24.0. The van der Waals surface area contributed by atoms with Crippen molar-refractivity contribution in [3.63, 3.8) is 0 Å². The molecule has 0 aliphatic rings. The largest absolute Gasteiger partial charge is 0.483 e. The zero-order chi connectivity index (χ0) is 16.1. The maximum absolute atomic E-state index is 11.7. The third kappa shape index (κ3) is 4.62. The fourth-order valence-electron chi connectivity index (χ4n) is 1.65. The van der Waals surface area contributed by atoms with Crippen LogP contribution in [-0.2, 0) is 11.3 Å². The molecule has 2 rings (SSSR count). The van der Waals surface area contributed by atoms with Crippen molar-refractivity contribution >= 4 is 46.4 Å². The molecule has 2 aromatic rings. The van der Waals surface area contributed by atoms with Gasteiger partial charge in [-0.15, -0.1) is 11.3 Å². The second-order valence-electron chi connectivity index (χ2n) is 4.28. The lowest BCUT2D eigenvalue weighted by atomic mass is 10.2. The normalized spacial score (nSPS) is 10.3. The van der Waals surface area contributed by atoms with Gasteiger partial charge in [-0.25, -0.2) is 0 Å². The van der Waals surface area contributed by atoms with Gasteiger partial charge < -0.3 is 15.8 Å². The minimum Gasteiger partial charge on any atom is -0.483 e. The summed E-state index contributed by atoms with van der Waals surface area (Å²) in [5.74, 6) is -0.785. The SMILES string of the molecule is NC(=O)c1cc(Cl)ccc1OCC(=O)NCc1ccc(Cl)s1. The molecule has 22 heavy (non-hydrogen) atoms. The van der Waals surface area contributed by atoms with E-state index in [2.05, 4.69) is 5.32 Å². The molecular formula is C14H12Cl2N2O3S. The molecule has 3 N–H and O–H groups in total. The van der Waals surface area contributed by atoms with Gasteiger partial charge in [0.05, 0.1) is 16.4 Å². The van der Waals surface area contributed by atoms with Crippen LogP contribution in [0.15, 0.2) is 30.3 Å². The number of hydrogen-bond acceptors (Lipinski definition) is 4. The molecule has 0 saturated heterocycles. The Morgan fingerprint density at radius 3 is 2.64 bits per heavy atom. The number of benzene rings is 1. The van der Waals surface area contributed by atoms with Gasteiger partial charge >= 0.3 is 0 Å². The summed E-state index contributed by atoms with van der Waals surface area (Å²) in [5.41, 5.74) is 5.37. The average Bonchev–Trinajstić information content (AvgIpc) is 2.89. The Bertz CT molecular complexity index is 703. The Morgan fingerprint density at radius 1 is 1.23 bits per heavy atom. The van der Waals surface area contributed by atoms with E-state index in [9.17, 15) is 9.59 Å². The number of nitrogens with two attached hydrogens (primary N) is 1. The third-order valence-electron chi connectivity index (χ3n) is 2.65. The number of carbonyl (C=O) groups is 2. The van der Waals surface area contributed by atoms with Gasteiger partial charge in [-0.1, -0.05) is 23.2 Å². The van der Waals surface area contributed by atoms with Crippen LogP contribution in [0.1, 0.15) is 15.2 Å². The number of primary amides is 1. The lowest BCUT2D eigenvalue weighted by Gasteiger charge is -2.10. The van der Waals surface area contributed by atoms with E-state index in [1.165, 1.54) is 23.5 Å². The van der Waals surface area contributed by atoms with E-state index in [0.29, 0.717) is 15.9 Å². The number of halogens is 2. The summed E-state index contributed by atoms with van der Waals surface area (Å²) in [6, 6.07) is 8.03. The van der Waals surface area contributed by atoms with Gasteiger partial charge in [0, 0.05) is 9.90 Å². The monoisotopic (exact) mass is 358 g/mol. The van der Waals surface area contributed by atoms with Crippen molar-refractivity contribution in [2.75, 3.05) is 6.61 Å². The number of carbonyl (C=O) groups excluding carboxylic acids is 2. The lowest BCUT2D eigenvalue weighted by Crippen LogP contribution is -2.28. The topological polar surface area (TPSA) is 81.4 Å². The Kier molecular flexibility index (Phi) is 5.65. The molecule has 1 heterocycles. The fraction of sp³-hybridized carbons (Fsp3) is 0.143. The number of ether oxygens (including phenoxy) is 1. The van der Waals surface area contributed by atoms with Gasteiger partial charge in [0.25, 0.3) is 11.8 Å². The van der Waals surface area contributed by atoms with E-state index in [1.54, 1.807) is 12.1 Å². The van der Waals surface area contributed by atoms with Crippen LogP contribution >= 0.6 is 34.5 Å². The molecule has 0 saturated carbocycles. The average molecular weight is 359 g/mol. The fourth-order valence-corrected chi connectivity index (χ4v) is 2.85. The van der Waals surface area contributed by atoms with Gasteiger partial charge in [0.2, 0.25) is 0 Å². The van der Waals surface area contributed by atoms with E-state index >= 15 is 0 Å². The van der Waals surface area contributed by atoms with Crippen molar-refractivity contribution in [1.29, 1.82) is 0 Å². The number of rotatable bonds is 6. The number of thiophene rings is 1. The molecule has 0 aliphatic heterocycles. The third-order valence-corrected chi connectivity index (χ3v) is 4.12. The summed E-state index contributed by atoms with van der Waals surface area (Å²) in [6.07, 6.45) is 0. The van der Waals surface area contributed by atoms with Crippen molar-refractivity contribution in [2.45, 2.75) is 6.54 Å². The minimum absolute atomic E-state index is 0.130. The smallest absolute Gasteiger partial charge is 0.258 e. The molecule has 1 aromatic heterocycles. The van der Waals surface area contributed by atoms with E-state index in [0.717, 1.165) is 4.88 Å². The Morgan fingerprint density at radius 2 is 2.00 bits per heavy atom. The van der Waals surface area contributed by atoms with Gasteiger partial charge in [-0.05, 0) is 30.3 Å². The van der Waals surface area contributed by atoms with Crippen LogP contribution in [0.4, 0.5) is 0 Å². The molecule has 0 bridgehead atoms. The van der Waals surface area contributed by atoms with Crippen LogP contribution in [0.3, 0.4) is 0 Å². The predicted molar refractivity (Wildman–Crippen MR) is 86.6 cm³/mol. The predicted octanol–water partition coefficient (Wildman–Crippen LogP) is 2.85. The van der Waals surface area contributed by atoms with Crippen molar-refractivity contribution in [3.8, 4) is 5.75 Å². The molecule has 0 aliphatic carbocycles. The highest BCUT2D eigenvalue weighted by Crippen LogP contribution is 2.23. The van der Waals surface area contributed by atoms with Gasteiger partial charge in [-0.2, -0.15) is 0 Å². The summed E-state index contributed by atoms with van der Waals surface area (Å²) in [5, 5.41) is 3.05.